The van der Waals surface area contributed by atoms with Crippen LogP contribution in [0.15, 0.2) is 36.7 Å². The van der Waals surface area contributed by atoms with E-state index in [1.807, 2.05) is 25.1 Å². The van der Waals surface area contributed by atoms with E-state index in [-0.39, 0.29) is 17.9 Å². The summed E-state index contributed by atoms with van der Waals surface area (Å²) in [4.78, 5) is 4.27. The fraction of sp³-hybridized carbons (Fsp3) is 0.350. The topological polar surface area (TPSA) is 80.2 Å². The number of nitrogens with zero attached hydrogens (tertiary/aromatic N) is 3. The third-order valence-electron chi connectivity index (χ3n) is 5.42. The number of phenols is 1. The molecule has 2 N–H and O–H groups in total. The molecule has 132 valence electrons. The first kappa shape index (κ1) is 15.5. The largest absolute Gasteiger partial charge is 0.507 e. The van der Waals surface area contributed by atoms with E-state index in [0.29, 0.717) is 17.4 Å². The fourth-order valence-corrected chi connectivity index (χ4v) is 4.11. The molecule has 0 spiro atoms. The van der Waals surface area contributed by atoms with Gasteiger partial charge in [0.2, 0.25) is 0 Å². The number of benzene rings is 1. The number of pyridine rings is 1. The third-order valence-corrected chi connectivity index (χ3v) is 5.42. The van der Waals surface area contributed by atoms with Crippen molar-refractivity contribution in [3.05, 3.63) is 42.2 Å². The van der Waals surface area contributed by atoms with Crippen LogP contribution >= 0.6 is 0 Å². The average Bonchev–Trinajstić information content (AvgIpc) is 3.26. The van der Waals surface area contributed by atoms with Gasteiger partial charge in [0.15, 0.2) is 5.82 Å². The van der Waals surface area contributed by atoms with Crippen molar-refractivity contribution in [3.63, 3.8) is 0 Å². The van der Waals surface area contributed by atoms with E-state index in [1.54, 1.807) is 18.5 Å². The molecule has 1 aromatic carbocycles. The molecule has 0 amide bonds. The molecule has 0 aliphatic carbocycles. The first-order chi connectivity index (χ1) is 12.7. The summed E-state index contributed by atoms with van der Waals surface area (Å²) in [6.45, 7) is 1.95. The lowest BCUT2D eigenvalue weighted by Crippen LogP contribution is -2.31. The van der Waals surface area contributed by atoms with Gasteiger partial charge in [0, 0.05) is 28.7 Å². The maximum absolute atomic E-state index is 10.4. The third kappa shape index (κ3) is 2.49. The molecule has 2 bridgehead atoms. The summed E-state index contributed by atoms with van der Waals surface area (Å²) in [6, 6.07) is 7.77. The smallest absolute Gasteiger partial charge is 0.158 e. The van der Waals surface area contributed by atoms with Gasteiger partial charge in [0.1, 0.15) is 11.4 Å². The lowest BCUT2D eigenvalue weighted by Gasteiger charge is -2.21. The van der Waals surface area contributed by atoms with Crippen molar-refractivity contribution >= 4 is 16.6 Å². The van der Waals surface area contributed by atoms with Gasteiger partial charge in [-0.2, -0.15) is 0 Å². The zero-order chi connectivity index (χ0) is 17.7. The van der Waals surface area contributed by atoms with Crippen LogP contribution in [0.1, 0.15) is 24.8 Å². The molecule has 3 atom stereocenters. The molecular formula is C20H20N4O2. The summed E-state index contributed by atoms with van der Waals surface area (Å²) in [5, 5.41) is 24.6. The second-order valence-electron chi connectivity index (χ2n) is 7.20. The van der Waals surface area contributed by atoms with Crippen LogP contribution in [0.25, 0.3) is 22.0 Å². The van der Waals surface area contributed by atoms with Crippen LogP contribution in [0.5, 0.6) is 5.75 Å². The Labute approximate surface area is 151 Å². The molecule has 2 saturated heterocycles. The van der Waals surface area contributed by atoms with Crippen molar-refractivity contribution in [3.8, 4) is 17.0 Å². The number of fused-ring (bicyclic) bond motifs is 3. The Morgan fingerprint density at radius 1 is 1.15 bits per heavy atom. The number of hydrogen-bond donors (Lipinski definition) is 2. The molecule has 0 unspecified atom stereocenters. The number of aryl methyl sites for hydroxylation is 1. The molecule has 5 rings (SSSR count). The van der Waals surface area contributed by atoms with E-state index in [9.17, 15) is 5.11 Å². The van der Waals surface area contributed by atoms with E-state index in [2.05, 4.69) is 20.5 Å². The highest BCUT2D eigenvalue weighted by Crippen LogP contribution is 2.38. The molecule has 3 aromatic rings. The van der Waals surface area contributed by atoms with Gasteiger partial charge in [0.05, 0.1) is 18.2 Å². The molecule has 6 heteroatoms. The lowest BCUT2D eigenvalue weighted by molar-refractivity contribution is 0.102. The van der Waals surface area contributed by atoms with Crippen molar-refractivity contribution in [2.45, 2.75) is 44.4 Å². The first-order valence-electron chi connectivity index (χ1n) is 9.01. The van der Waals surface area contributed by atoms with Crippen LogP contribution < -0.4 is 5.32 Å². The summed E-state index contributed by atoms with van der Waals surface area (Å²) in [5.41, 5.74) is 2.34. The van der Waals surface area contributed by atoms with Gasteiger partial charge >= 0.3 is 0 Å². The van der Waals surface area contributed by atoms with Crippen LogP contribution in [-0.2, 0) is 4.74 Å². The number of aromatic nitrogens is 3. The zero-order valence-corrected chi connectivity index (χ0v) is 14.5. The average molecular weight is 348 g/mol. The Bertz CT molecular complexity index is 991. The maximum Gasteiger partial charge on any atom is 0.158 e. The van der Waals surface area contributed by atoms with E-state index >= 15 is 0 Å². The lowest BCUT2D eigenvalue weighted by atomic mass is 9.95. The highest BCUT2D eigenvalue weighted by atomic mass is 16.5. The number of nitrogens with one attached hydrogen (secondary N) is 1. The second-order valence-corrected chi connectivity index (χ2v) is 7.20. The van der Waals surface area contributed by atoms with E-state index in [1.165, 1.54) is 0 Å². The normalized spacial score (nSPS) is 24.3. The van der Waals surface area contributed by atoms with E-state index in [0.717, 1.165) is 41.4 Å². The molecule has 0 radical (unpaired) electrons. The molecule has 2 aliphatic rings. The molecule has 0 saturated carbocycles. The Morgan fingerprint density at radius 2 is 2.08 bits per heavy atom. The summed E-state index contributed by atoms with van der Waals surface area (Å²) >= 11 is 0. The monoisotopic (exact) mass is 348 g/mol. The van der Waals surface area contributed by atoms with Gasteiger partial charge in [-0.15, -0.1) is 10.2 Å². The molecule has 4 heterocycles. The maximum atomic E-state index is 10.4. The molecule has 2 aromatic heterocycles. The molecule has 6 nitrogen and oxygen atoms in total. The Morgan fingerprint density at radius 3 is 2.85 bits per heavy atom. The summed E-state index contributed by atoms with van der Waals surface area (Å²) in [7, 11) is 0. The van der Waals surface area contributed by atoms with Crippen molar-refractivity contribution in [1.82, 2.24) is 15.2 Å². The second kappa shape index (κ2) is 5.92. The van der Waals surface area contributed by atoms with Crippen LogP contribution in [0.3, 0.4) is 0 Å². The SMILES string of the molecule is Cc1ccc(-c2nnc(N[C@@H]3C[C@H]4CC[C@@H]3O4)c3cnccc23)c(O)c1. The predicted molar refractivity (Wildman–Crippen MR) is 99.1 cm³/mol. The molecular weight excluding hydrogens is 328 g/mol. The number of aromatic hydroxyl groups is 1. The summed E-state index contributed by atoms with van der Waals surface area (Å²) in [5.74, 6) is 0.934. The van der Waals surface area contributed by atoms with Crippen LogP contribution in [0, 0.1) is 6.92 Å². The molecule has 26 heavy (non-hydrogen) atoms. The number of ether oxygens (including phenoxy) is 1. The Balaban J connectivity index is 1.58. The highest BCUT2D eigenvalue weighted by molar-refractivity contribution is 6.00. The van der Waals surface area contributed by atoms with Gasteiger partial charge in [0.25, 0.3) is 0 Å². The summed E-state index contributed by atoms with van der Waals surface area (Å²) in [6.07, 6.45) is 7.43. The number of anilines is 1. The van der Waals surface area contributed by atoms with Gasteiger partial charge in [-0.1, -0.05) is 6.07 Å². The van der Waals surface area contributed by atoms with E-state index in [4.69, 9.17) is 4.74 Å². The Kier molecular flexibility index (Phi) is 3.53. The van der Waals surface area contributed by atoms with Gasteiger partial charge < -0.3 is 15.2 Å². The molecule has 2 fully saturated rings. The minimum atomic E-state index is 0.208. The van der Waals surface area contributed by atoms with Gasteiger partial charge in [-0.05, 0) is 49.9 Å². The number of phenolic OH excluding ortho intramolecular Hbond substituents is 1. The minimum absolute atomic E-state index is 0.208. The van der Waals surface area contributed by atoms with Crippen molar-refractivity contribution in [1.29, 1.82) is 0 Å². The van der Waals surface area contributed by atoms with Crippen molar-refractivity contribution < 1.29 is 9.84 Å². The standard InChI is InChI=1S/C20H20N4O2/c1-11-2-4-14(17(25)8-11)19-13-6-7-21-10-15(13)20(24-23-19)22-16-9-12-3-5-18(16)26-12/h2,4,6-8,10,12,16,18,25H,3,5,9H2,1H3,(H,22,24)/t12-,16-,18+/m1/s1. The van der Waals surface area contributed by atoms with Crippen LogP contribution in [0.4, 0.5) is 5.82 Å². The van der Waals surface area contributed by atoms with Gasteiger partial charge in [-0.25, -0.2) is 0 Å². The zero-order valence-electron chi connectivity index (χ0n) is 14.5. The van der Waals surface area contributed by atoms with Gasteiger partial charge in [-0.3, -0.25) is 4.98 Å². The van der Waals surface area contributed by atoms with E-state index < -0.39 is 0 Å². The van der Waals surface area contributed by atoms with Crippen molar-refractivity contribution in [2.24, 2.45) is 0 Å². The number of rotatable bonds is 3. The van der Waals surface area contributed by atoms with Crippen LogP contribution in [0.2, 0.25) is 0 Å². The molecule has 2 aliphatic heterocycles. The first-order valence-corrected chi connectivity index (χ1v) is 9.01. The number of hydrogen-bond acceptors (Lipinski definition) is 6. The highest BCUT2D eigenvalue weighted by Gasteiger charge is 2.41. The summed E-state index contributed by atoms with van der Waals surface area (Å²) < 4.78 is 5.93. The van der Waals surface area contributed by atoms with Crippen molar-refractivity contribution in [2.75, 3.05) is 5.32 Å². The Hall–Kier alpha value is -2.73. The van der Waals surface area contributed by atoms with Crippen LogP contribution in [-0.4, -0.2) is 38.5 Å². The quantitative estimate of drug-likeness (QED) is 0.755. The minimum Gasteiger partial charge on any atom is -0.507 e. The fourth-order valence-electron chi connectivity index (χ4n) is 4.11. The predicted octanol–water partition coefficient (Wildman–Crippen LogP) is 3.44.